The number of hydrogen-bond acceptors (Lipinski definition) is 6. The third-order valence-corrected chi connectivity index (χ3v) is 3.16. The van der Waals surface area contributed by atoms with Crippen molar-refractivity contribution < 1.29 is 9.42 Å². The second-order valence-corrected chi connectivity index (χ2v) is 4.99. The average Bonchev–Trinajstić information content (AvgIpc) is 3.04. The molecular formula is C16H14N6O2. The maximum atomic E-state index is 12.2. The van der Waals surface area contributed by atoms with Crippen molar-refractivity contribution in [1.29, 1.82) is 0 Å². The minimum Gasteiger partial charge on any atom is -0.382 e. The number of carbonyl (C=O) groups is 1. The van der Waals surface area contributed by atoms with E-state index in [0.717, 1.165) is 5.56 Å². The normalized spacial score (nSPS) is 11.3. The van der Waals surface area contributed by atoms with Crippen LogP contribution in [0.3, 0.4) is 0 Å². The number of rotatable bonds is 4. The molecule has 1 aromatic carbocycles. The molecule has 2 aromatic heterocycles. The number of aliphatic imine (C=N–C) groups is 1. The molecule has 0 unspecified atom stereocenters. The van der Waals surface area contributed by atoms with Gasteiger partial charge in [0.1, 0.15) is 0 Å². The predicted molar refractivity (Wildman–Crippen MR) is 88.1 cm³/mol. The van der Waals surface area contributed by atoms with Crippen molar-refractivity contribution in [3.8, 4) is 0 Å². The summed E-state index contributed by atoms with van der Waals surface area (Å²) in [6, 6.07) is 10.7. The Labute approximate surface area is 137 Å². The fourth-order valence-corrected chi connectivity index (χ4v) is 2.01. The van der Waals surface area contributed by atoms with Crippen molar-refractivity contribution in [2.75, 3.05) is 5.32 Å². The minimum absolute atomic E-state index is 0.0897. The van der Waals surface area contributed by atoms with Crippen LogP contribution < -0.4 is 11.1 Å². The van der Waals surface area contributed by atoms with E-state index in [4.69, 9.17) is 5.73 Å². The van der Waals surface area contributed by atoms with E-state index in [1.54, 1.807) is 12.1 Å². The molecule has 0 saturated carbocycles. The van der Waals surface area contributed by atoms with Gasteiger partial charge in [-0.3, -0.25) is 9.78 Å². The van der Waals surface area contributed by atoms with Crippen LogP contribution in [0.15, 0.2) is 58.4 Å². The van der Waals surface area contributed by atoms with Crippen molar-refractivity contribution in [1.82, 2.24) is 15.3 Å². The van der Waals surface area contributed by atoms with E-state index in [1.807, 2.05) is 31.2 Å². The van der Waals surface area contributed by atoms with Crippen LogP contribution in [-0.2, 0) is 0 Å². The molecule has 24 heavy (non-hydrogen) atoms. The van der Waals surface area contributed by atoms with E-state index in [1.165, 1.54) is 12.4 Å². The summed E-state index contributed by atoms with van der Waals surface area (Å²) in [4.78, 5) is 20.3. The van der Waals surface area contributed by atoms with Crippen LogP contribution in [0.4, 0.5) is 11.5 Å². The monoisotopic (exact) mass is 322 g/mol. The molecular weight excluding hydrogens is 308 g/mol. The number of aryl methyl sites for hydroxylation is 1. The first-order valence-electron chi connectivity index (χ1n) is 7.08. The molecule has 0 saturated heterocycles. The van der Waals surface area contributed by atoms with Crippen LogP contribution in [-0.4, -0.2) is 27.0 Å². The molecule has 0 aliphatic carbocycles. The predicted octanol–water partition coefficient (Wildman–Crippen LogP) is 2.06. The highest BCUT2D eigenvalue weighted by Crippen LogP contribution is 2.17. The Kier molecular flexibility index (Phi) is 4.28. The molecule has 2 heterocycles. The van der Waals surface area contributed by atoms with Gasteiger partial charge in [0.05, 0.1) is 5.69 Å². The number of amidine groups is 1. The summed E-state index contributed by atoms with van der Waals surface area (Å²) >= 11 is 0. The lowest BCUT2D eigenvalue weighted by Crippen LogP contribution is -2.19. The number of nitrogens with two attached hydrogens (primary N) is 1. The molecule has 3 N–H and O–H groups in total. The van der Waals surface area contributed by atoms with E-state index in [9.17, 15) is 4.79 Å². The molecule has 3 aromatic rings. The number of benzene rings is 1. The lowest BCUT2D eigenvalue weighted by Gasteiger charge is -2.03. The third-order valence-electron chi connectivity index (χ3n) is 3.16. The lowest BCUT2D eigenvalue weighted by atomic mass is 10.2. The fraction of sp³-hybridized carbons (Fsp3) is 0.0625. The molecule has 120 valence electrons. The Morgan fingerprint density at radius 1 is 1.21 bits per heavy atom. The second kappa shape index (κ2) is 6.69. The number of carbonyl (C=O) groups excluding carboxylic acids is 1. The summed E-state index contributed by atoms with van der Waals surface area (Å²) in [5.41, 5.74) is 8.27. The van der Waals surface area contributed by atoms with Gasteiger partial charge in [-0.1, -0.05) is 12.1 Å². The molecule has 8 nitrogen and oxygen atoms in total. The van der Waals surface area contributed by atoms with E-state index in [-0.39, 0.29) is 23.3 Å². The number of aromatic nitrogens is 3. The zero-order chi connectivity index (χ0) is 16.9. The average molecular weight is 322 g/mol. The molecule has 0 atom stereocenters. The van der Waals surface area contributed by atoms with Crippen LogP contribution in [0, 0.1) is 6.92 Å². The Morgan fingerprint density at radius 2 is 2.00 bits per heavy atom. The molecule has 0 fully saturated rings. The fourth-order valence-electron chi connectivity index (χ4n) is 2.01. The molecule has 1 amide bonds. The molecule has 0 aliphatic rings. The summed E-state index contributed by atoms with van der Waals surface area (Å²) in [5.74, 6) is -0.185. The third kappa shape index (κ3) is 3.43. The number of nitrogens with zero attached hydrogens (tertiary/aromatic N) is 4. The van der Waals surface area contributed by atoms with E-state index < -0.39 is 0 Å². The molecule has 0 radical (unpaired) electrons. The van der Waals surface area contributed by atoms with Crippen molar-refractivity contribution >= 4 is 23.2 Å². The van der Waals surface area contributed by atoms with Gasteiger partial charge < -0.3 is 11.1 Å². The van der Waals surface area contributed by atoms with Gasteiger partial charge in [-0.15, -0.1) is 0 Å². The number of pyridine rings is 1. The van der Waals surface area contributed by atoms with E-state index in [2.05, 4.69) is 30.2 Å². The quantitative estimate of drug-likeness (QED) is 0.560. The number of amides is 1. The zero-order valence-electron chi connectivity index (χ0n) is 12.8. The van der Waals surface area contributed by atoms with Gasteiger partial charge in [0.25, 0.3) is 5.91 Å². The largest absolute Gasteiger partial charge is 0.382 e. The number of anilines is 1. The highest BCUT2D eigenvalue weighted by Gasteiger charge is 2.17. The van der Waals surface area contributed by atoms with Gasteiger partial charge in [0.15, 0.2) is 11.5 Å². The Morgan fingerprint density at radius 3 is 2.75 bits per heavy atom. The first-order chi connectivity index (χ1) is 11.6. The molecule has 3 rings (SSSR count). The van der Waals surface area contributed by atoms with Crippen LogP contribution in [0.1, 0.15) is 21.6 Å². The maximum absolute atomic E-state index is 12.2. The van der Waals surface area contributed by atoms with Crippen LogP contribution in [0.2, 0.25) is 0 Å². The highest BCUT2D eigenvalue weighted by molar-refractivity contribution is 6.08. The standard InChI is InChI=1S/C16H14N6O2/c1-10-3-2-4-12(9-10)19-14(17)13-15(22-24-21-13)20-16(23)11-5-7-18-8-6-11/h2-9H,1H3,(H2,17,19)(H,20,22,23). The minimum atomic E-state index is -0.377. The zero-order valence-corrected chi connectivity index (χ0v) is 12.8. The Balaban J connectivity index is 1.83. The molecule has 0 bridgehead atoms. The maximum Gasteiger partial charge on any atom is 0.257 e. The van der Waals surface area contributed by atoms with Crippen molar-refractivity contribution in [3.05, 3.63) is 65.6 Å². The van der Waals surface area contributed by atoms with Crippen molar-refractivity contribution in [3.63, 3.8) is 0 Å². The van der Waals surface area contributed by atoms with Crippen LogP contribution >= 0.6 is 0 Å². The SMILES string of the molecule is Cc1cccc(N=C(N)c2nonc2NC(=O)c2ccncc2)c1. The van der Waals surface area contributed by atoms with Crippen molar-refractivity contribution in [2.45, 2.75) is 6.92 Å². The molecule has 8 heteroatoms. The highest BCUT2D eigenvalue weighted by atomic mass is 16.6. The second-order valence-electron chi connectivity index (χ2n) is 4.99. The summed E-state index contributed by atoms with van der Waals surface area (Å²) in [6.45, 7) is 1.95. The lowest BCUT2D eigenvalue weighted by molar-refractivity contribution is 0.102. The van der Waals surface area contributed by atoms with Gasteiger partial charge in [-0.05, 0) is 47.1 Å². The number of hydrogen-bond donors (Lipinski definition) is 2. The van der Waals surface area contributed by atoms with Crippen molar-refractivity contribution in [2.24, 2.45) is 10.7 Å². The van der Waals surface area contributed by atoms with E-state index in [0.29, 0.717) is 11.3 Å². The Bertz CT molecular complexity index is 888. The summed E-state index contributed by atoms with van der Waals surface area (Å²) < 4.78 is 4.68. The van der Waals surface area contributed by atoms with Gasteiger partial charge in [0, 0.05) is 18.0 Å². The van der Waals surface area contributed by atoms with E-state index >= 15 is 0 Å². The molecule has 0 aliphatic heterocycles. The smallest absolute Gasteiger partial charge is 0.257 e. The summed E-state index contributed by atoms with van der Waals surface area (Å²) in [7, 11) is 0. The number of nitrogens with one attached hydrogen (secondary N) is 1. The summed E-state index contributed by atoms with van der Waals surface area (Å²) in [5, 5.41) is 9.97. The van der Waals surface area contributed by atoms with Gasteiger partial charge in [-0.2, -0.15) is 0 Å². The first-order valence-corrected chi connectivity index (χ1v) is 7.08. The Hall–Kier alpha value is -3.55. The summed E-state index contributed by atoms with van der Waals surface area (Å²) in [6.07, 6.45) is 3.04. The van der Waals surface area contributed by atoms with Gasteiger partial charge in [-0.25, -0.2) is 9.62 Å². The van der Waals surface area contributed by atoms with Gasteiger partial charge >= 0.3 is 0 Å². The molecule has 0 spiro atoms. The van der Waals surface area contributed by atoms with Crippen LogP contribution in [0.5, 0.6) is 0 Å². The van der Waals surface area contributed by atoms with Gasteiger partial charge in [0.2, 0.25) is 5.82 Å². The first kappa shape index (κ1) is 15.3. The topological polar surface area (TPSA) is 119 Å². The van der Waals surface area contributed by atoms with Crippen LogP contribution in [0.25, 0.3) is 0 Å².